The second-order valence-corrected chi connectivity index (χ2v) is 5.53. The average molecular weight is 242 g/mol. The van der Waals surface area contributed by atoms with Crippen LogP contribution in [0.5, 0.6) is 0 Å². The van der Waals surface area contributed by atoms with Gasteiger partial charge < -0.3 is 5.73 Å². The zero-order valence-electron chi connectivity index (χ0n) is 9.47. The van der Waals surface area contributed by atoms with Crippen molar-refractivity contribution in [2.75, 3.05) is 0 Å². The smallest absolute Gasteiger partial charge is 0.123 e. The van der Waals surface area contributed by atoms with Crippen molar-refractivity contribution in [2.45, 2.75) is 38.1 Å². The van der Waals surface area contributed by atoms with Crippen molar-refractivity contribution in [2.24, 2.45) is 11.7 Å². The molecule has 0 bridgehead atoms. The third-order valence-electron chi connectivity index (χ3n) is 3.44. The molecular formula is C13H17ClFN. The quantitative estimate of drug-likeness (QED) is 0.842. The lowest BCUT2D eigenvalue weighted by Gasteiger charge is -2.24. The molecule has 1 nitrogen and oxygen atoms in total. The normalized spacial score (nSPS) is 29.6. The second kappa shape index (κ2) is 4.34. The molecule has 1 aromatic rings. The maximum absolute atomic E-state index is 13.1. The first-order valence-corrected chi connectivity index (χ1v) is 6.09. The molecule has 0 heterocycles. The molecule has 1 saturated carbocycles. The summed E-state index contributed by atoms with van der Waals surface area (Å²) in [7, 11) is 0. The predicted octanol–water partition coefficient (Wildman–Crippen LogP) is 3.54. The number of benzene rings is 1. The number of nitrogens with two attached hydrogens (primary N) is 1. The van der Waals surface area contributed by atoms with Crippen molar-refractivity contribution in [3.8, 4) is 0 Å². The van der Waals surface area contributed by atoms with Crippen LogP contribution in [0.15, 0.2) is 18.2 Å². The monoisotopic (exact) mass is 241 g/mol. The number of hydrogen-bond donors (Lipinski definition) is 1. The molecule has 2 rings (SSSR count). The Bertz CT molecular complexity index is 394. The number of rotatable bonds is 2. The van der Waals surface area contributed by atoms with Crippen LogP contribution in [0.1, 0.15) is 31.7 Å². The highest BCUT2D eigenvalue weighted by molar-refractivity contribution is 6.31. The molecule has 1 fully saturated rings. The molecule has 0 spiro atoms. The van der Waals surface area contributed by atoms with Crippen LogP contribution in [-0.2, 0) is 6.42 Å². The van der Waals surface area contributed by atoms with E-state index in [1.165, 1.54) is 12.1 Å². The summed E-state index contributed by atoms with van der Waals surface area (Å²) >= 11 is 6.05. The van der Waals surface area contributed by atoms with Crippen LogP contribution in [0.4, 0.5) is 4.39 Å². The fraction of sp³-hybridized carbons (Fsp3) is 0.538. The van der Waals surface area contributed by atoms with Crippen molar-refractivity contribution in [3.05, 3.63) is 34.6 Å². The van der Waals surface area contributed by atoms with Crippen molar-refractivity contribution >= 4 is 11.6 Å². The van der Waals surface area contributed by atoms with Gasteiger partial charge in [-0.05, 0) is 55.4 Å². The van der Waals surface area contributed by atoms with Gasteiger partial charge in [0.2, 0.25) is 0 Å². The van der Waals surface area contributed by atoms with Crippen molar-refractivity contribution in [1.29, 1.82) is 0 Å². The van der Waals surface area contributed by atoms with Crippen LogP contribution < -0.4 is 5.73 Å². The van der Waals surface area contributed by atoms with E-state index in [4.69, 9.17) is 17.3 Å². The summed E-state index contributed by atoms with van der Waals surface area (Å²) in [5.74, 6) is 0.423. The molecule has 0 aromatic heterocycles. The van der Waals surface area contributed by atoms with E-state index in [0.29, 0.717) is 17.4 Å². The van der Waals surface area contributed by atoms with E-state index in [-0.39, 0.29) is 11.4 Å². The molecule has 1 aromatic carbocycles. The van der Waals surface area contributed by atoms with E-state index in [9.17, 15) is 4.39 Å². The van der Waals surface area contributed by atoms with E-state index in [1.807, 2.05) is 0 Å². The average Bonchev–Trinajstić information content (AvgIpc) is 2.52. The molecule has 3 heteroatoms. The lowest BCUT2D eigenvalue weighted by Crippen LogP contribution is -2.39. The maximum atomic E-state index is 13.1. The first kappa shape index (κ1) is 11.9. The molecule has 0 radical (unpaired) electrons. The number of halogens is 2. The van der Waals surface area contributed by atoms with E-state index >= 15 is 0 Å². The van der Waals surface area contributed by atoms with Crippen LogP contribution in [0.25, 0.3) is 0 Å². The van der Waals surface area contributed by atoms with Crippen LogP contribution in [0, 0.1) is 11.7 Å². The summed E-state index contributed by atoms with van der Waals surface area (Å²) in [4.78, 5) is 0. The van der Waals surface area contributed by atoms with Crippen LogP contribution >= 0.6 is 11.6 Å². The minimum Gasteiger partial charge on any atom is -0.325 e. The zero-order chi connectivity index (χ0) is 11.8. The second-order valence-electron chi connectivity index (χ2n) is 5.12. The van der Waals surface area contributed by atoms with Gasteiger partial charge >= 0.3 is 0 Å². The molecule has 88 valence electrons. The Balaban J connectivity index is 2.17. The summed E-state index contributed by atoms with van der Waals surface area (Å²) in [6.07, 6.45) is 3.83. The van der Waals surface area contributed by atoms with Gasteiger partial charge in [-0.2, -0.15) is 0 Å². The predicted molar refractivity (Wildman–Crippen MR) is 65.0 cm³/mol. The van der Waals surface area contributed by atoms with E-state index in [2.05, 4.69) is 6.92 Å². The van der Waals surface area contributed by atoms with Gasteiger partial charge in [0.15, 0.2) is 0 Å². The molecule has 2 atom stereocenters. The SMILES string of the molecule is CC1CCC(N)(Cc2cc(F)ccc2Cl)C1. The highest BCUT2D eigenvalue weighted by atomic mass is 35.5. The molecule has 0 saturated heterocycles. The fourth-order valence-corrected chi connectivity index (χ4v) is 2.83. The Morgan fingerprint density at radius 1 is 1.56 bits per heavy atom. The Morgan fingerprint density at radius 2 is 2.31 bits per heavy atom. The minimum absolute atomic E-state index is 0.198. The standard InChI is InChI=1S/C13H17ClFN/c1-9-4-5-13(16,7-9)8-10-6-11(15)2-3-12(10)14/h2-3,6,9H,4-5,7-8,16H2,1H3. The number of hydrogen-bond acceptors (Lipinski definition) is 1. The Hall–Kier alpha value is -0.600. The third-order valence-corrected chi connectivity index (χ3v) is 3.81. The maximum Gasteiger partial charge on any atom is 0.123 e. The molecule has 1 aliphatic carbocycles. The van der Waals surface area contributed by atoms with E-state index in [0.717, 1.165) is 24.8 Å². The summed E-state index contributed by atoms with van der Waals surface area (Å²) < 4.78 is 13.1. The van der Waals surface area contributed by atoms with Gasteiger partial charge in [0.1, 0.15) is 5.82 Å². The summed E-state index contributed by atoms with van der Waals surface area (Å²) in [6, 6.07) is 4.49. The minimum atomic E-state index is -0.242. The lowest BCUT2D eigenvalue weighted by atomic mass is 9.89. The van der Waals surface area contributed by atoms with E-state index in [1.54, 1.807) is 6.07 Å². The van der Waals surface area contributed by atoms with Crippen molar-refractivity contribution < 1.29 is 4.39 Å². The lowest BCUT2D eigenvalue weighted by molar-refractivity contribution is 0.418. The molecule has 1 aliphatic rings. The van der Waals surface area contributed by atoms with E-state index < -0.39 is 0 Å². The summed E-state index contributed by atoms with van der Waals surface area (Å²) in [6.45, 7) is 2.21. The van der Waals surface area contributed by atoms with Gasteiger partial charge in [-0.1, -0.05) is 18.5 Å². The van der Waals surface area contributed by atoms with Gasteiger partial charge in [-0.15, -0.1) is 0 Å². The Kier molecular flexibility index (Phi) is 3.22. The summed E-state index contributed by atoms with van der Waals surface area (Å²) in [5, 5.41) is 0.616. The molecule has 0 aliphatic heterocycles. The molecule has 2 unspecified atom stereocenters. The van der Waals surface area contributed by atoms with Crippen molar-refractivity contribution in [3.63, 3.8) is 0 Å². The first-order valence-electron chi connectivity index (χ1n) is 5.71. The highest BCUT2D eigenvalue weighted by Gasteiger charge is 2.34. The van der Waals surface area contributed by atoms with Crippen LogP contribution in [0.2, 0.25) is 5.02 Å². The van der Waals surface area contributed by atoms with Gasteiger partial charge in [0.05, 0.1) is 0 Å². The highest BCUT2D eigenvalue weighted by Crippen LogP contribution is 2.36. The Labute approximate surface area is 101 Å². The molecule has 2 N–H and O–H groups in total. The van der Waals surface area contributed by atoms with Crippen LogP contribution in [0.3, 0.4) is 0 Å². The van der Waals surface area contributed by atoms with Gasteiger partial charge in [-0.3, -0.25) is 0 Å². The summed E-state index contributed by atoms with van der Waals surface area (Å²) in [5.41, 5.74) is 6.95. The Morgan fingerprint density at radius 3 is 2.94 bits per heavy atom. The molecular weight excluding hydrogens is 225 g/mol. The fourth-order valence-electron chi connectivity index (χ4n) is 2.65. The molecule has 16 heavy (non-hydrogen) atoms. The van der Waals surface area contributed by atoms with Crippen molar-refractivity contribution in [1.82, 2.24) is 0 Å². The first-order chi connectivity index (χ1) is 7.48. The zero-order valence-corrected chi connectivity index (χ0v) is 10.2. The van der Waals surface area contributed by atoms with Gasteiger partial charge in [0.25, 0.3) is 0 Å². The van der Waals surface area contributed by atoms with Gasteiger partial charge in [-0.25, -0.2) is 4.39 Å². The third kappa shape index (κ3) is 2.55. The van der Waals surface area contributed by atoms with Gasteiger partial charge in [0, 0.05) is 10.6 Å². The largest absolute Gasteiger partial charge is 0.325 e. The van der Waals surface area contributed by atoms with Crippen LogP contribution in [-0.4, -0.2) is 5.54 Å². The topological polar surface area (TPSA) is 26.0 Å². The molecule has 0 amide bonds.